The molecular formula is C11H9F2NO3. The molecule has 2 N–H and O–H groups in total. The van der Waals surface area contributed by atoms with Crippen molar-refractivity contribution in [1.82, 2.24) is 5.32 Å². The first-order valence-corrected chi connectivity index (χ1v) is 4.57. The van der Waals surface area contributed by atoms with Crippen molar-refractivity contribution in [2.24, 2.45) is 0 Å². The maximum absolute atomic E-state index is 12.8. The van der Waals surface area contributed by atoms with Crippen molar-refractivity contribution >= 4 is 18.0 Å². The Morgan fingerprint density at radius 3 is 2.18 bits per heavy atom. The minimum Gasteiger partial charge on any atom is -0.477 e. The molecule has 0 atom stereocenters. The summed E-state index contributed by atoms with van der Waals surface area (Å²) in [6, 6.07) is 2.57. The summed E-state index contributed by atoms with van der Waals surface area (Å²) in [5.74, 6) is -3.65. The molecule has 4 nitrogen and oxygen atoms in total. The van der Waals surface area contributed by atoms with Crippen molar-refractivity contribution in [3.63, 3.8) is 0 Å². The summed E-state index contributed by atoms with van der Waals surface area (Å²) in [6.45, 7) is 1.13. The Morgan fingerprint density at radius 1 is 1.24 bits per heavy atom. The molecule has 0 aromatic heterocycles. The van der Waals surface area contributed by atoms with Crippen LogP contribution in [-0.2, 0) is 9.59 Å². The van der Waals surface area contributed by atoms with E-state index in [4.69, 9.17) is 5.11 Å². The molecule has 0 bridgehead atoms. The zero-order valence-corrected chi connectivity index (χ0v) is 8.83. The van der Waals surface area contributed by atoms with Crippen LogP contribution >= 0.6 is 0 Å². The largest absolute Gasteiger partial charge is 0.477 e. The molecule has 1 amide bonds. The van der Waals surface area contributed by atoms with Gasteiger partial charge in [-0.3, -0.25) is 4.79 Å². The monoisotopic (exact) mass is 241 g/mol. The van der Waals surface area contributed by atoms with Crippen molar-refractivity contribution < 1.29 is 23.5 Å². The van der Waals surface area contributed by atoms with Gasteiger partial charge in [0.25, 0.3) is 0 Å². The van der Waals surface area contributed by atoms with Crippen LogP contribution in [0.2, 0.25) is 0 Å². The van der Waals surface area contributed by atoms with Crippen LogP contribution in [0.3, 0.4) is 0 Å². The number of benzene rings is 1. The Hall–Kier alpha value is -2.24. The third-order valence-electron chi connectivity index (χ3n) is 1.74. The molecule has 0 heterocycles. The van der Waals surface area contributed by atoms with E-state index in [1.54, 1.807) is 0 Å². The van der Waals surface area contributed by atoms with Crippen LogP contribution in [0.25, 0.3) is 6.08 Å². The van der Waals surface area contributed by atoms with Gasteiger partial charge in [0.1, 0.15) is 17.3 Å². The van der Waals surface area contributed by atoms with Gasteiger partial charge in [-0.1, -0.05) is 0 Å². The number of hydrogen-bond acceptors (Lipinski definition) is 2. The third-order valence-corrected chi connectivity index (χ3v) is 1.74. The number of carboxylic acid groups (broad SMARTS) is 1. The molecule has 0 spiro atoms. The predicted octanol–water partition coefficient (Wildman–Crippen LogP) is 1.53. The van der Waals surface area contributed by atoms with Gasteiger partial charge < -0.3 is 10.4 Å². The second kappa shape index (κ2) is 5.20. The van der Waals surface area contributed by atoms with Gasteiger partial charge in [-0.15, -0.1) is 0 Å². The van der Waals surface area contributed by atoms with Crippen molar-refractivity contribution in [3.05, 3.63) is 41.1 Å². The highest BCUT2D eigenvalue weighted by Crippen LogP contribution is 2.11. The molecule has 0 saturated carbocycles. The summed E-state index contributed by atoms with van der Waals surface area (Å²) in [5, 5.41) is 10.8. The molecule has 0 radical (unpaired) electrons. The first-order valence-electron chi connectivity index (χ1n) is 4.57. The molecule has 6 heteroatoms. The van der Waals surface area contributed by atoms with E-state index >= 15 is 0 Å². The standard InChI is InChI=1S/C11H9F2NO3/c1-6(15)14-10(11(16)17)4-7-2-8(12)5-9(13)3-7/h2-5H,1H3,(H,14,15)(H,16,17)/b10-4+. The van der Waals surface area contributed by atoms with Gasteiger partial charge in [-0.25, -0.2) is 13.6 Å². The summed E-state index contributed by atoms with van der Waals surface area (Å²) < 4.78 is 25.7. The summed E-state index contributed by atoms with van der Waals surface area (Å²) in [5.41, 5.74) is -0.448. The Kier molecular flexibility index (Phi) is 3.92. The molecular weight excluding hydrogens is 232 g/mol. The molecule has 17 heavy (non-hydrogen) atoms. The number of carbonyl (C=O) groups excluding carboxylic acids is 1. The predicted molar refractivity (Wildman–Crippen MR) is 55.8 cm³/mol. The van der Waals surface area contributed by atoms with Crippen molar-refractivity contribution in [3.8, 4) is 0 Å². The van der Waals surface area contributed by atoms with Crippen LogP contribution in [0.4, 0.5) is 8.78 Å². The van der Waals surface area contributed by atoms with Gasteiger partial charge >= 0.3 is 5.97 Å². The van der Waals surface area contributed by atoms with Crippen LogP contribution in [-0.4, -0.2) is 17.0 Å². The maximum atomic E-state index is 12.8. The highest BCUT2D eigenvalue weighted by Gasteiger charge is 2.09. The van der Waals surface area contributed by atoms with Crippen LogP contribution in [0, 0.1) is 11.6 Å². The number of aliphatic carboxylic acids is 1. The highest BCUT2D eigenvalue weighted by molar-refractivity contribution is 5.96. The van der Waals surface area contributed by atoms with E-state index < -0.39 is 29.2 Å². The molecule has 90 valence electrons. The minimum atomic E-state index is -1.40. The van der Waals surface area contributed by atoms with E-state index in [1.165, 1.54) is 0 Å². The number of amides is 1. The lowest BCUT2D eigenvalue weighted by Crippen LogP contribution is -2.24. The average Bonchev–Trinajstić information content (AvgIpc) is 2.13. The lowest BCUT2D eigenvalue weighted by molar-refractivity contribution is -0.134. The number of nitrogens with one attached hydrogen (secondary N) is 1. The van der Waals surface area contributed by atoms with Gasteiger partial charge in [0.15, 0.2) is 0 Å². The van der Waals surface area contributed by atoms with Crippen LogP contribution in [0.1, 0.15) is 12.5 Å². The van der Waals surface area contributed by atoms with E-state index in [0.29, 0.717) is 6.07 Å². The first kappa shape index (κ1) is 12.8. The second-order valence-electron chi connectivity index (χ2n) is 3.25. The van der Waals surface area contributed by atoms with Crippen LogP contribution < -0.4 is 5.32 Å². The average molecular weight is 241 g/mol. The molecule has 1 rings (SSSR count). The fourth-order valence-electron chi connectivity index (χ4n) is 1.17. The molecule has 1 aromatic rings. The van der Waals surface area contributed by atoms with Crippen molar-refractivity contribution in [2.75, 3.05) is 0 Å². The highest BCUT2D eigenvalue weighted by atomic mass is 19.1. The Labute approximate surface area is 95.6 Å². The van der Waals surface area contributed by atoms with E-state index in [-0.39, 0.29) is 5.56 Å². The zero-order chi connectivity index (χ0) is 13.0. The van der Waals surface area contributed by atoms with Gasteiger partial charge in [0.2, 0.25) is 5.91 Å². The number of hydrogen-bond donors (Lipinski definition) is 2. The summed E-state index contributed by atoms with van der Waals surface area (Å²) in [4.78, 5) is 21.5. The van der Waals surface area contributed by atoms with Crippen molar-refractivity contribution in [1.29, 1.82) is 0 Å². The SMILES string of the molecule is CC(=O)N/C(=C/c1cc(F)cc(F)c1)C(=O)O. The third kappa shape index (κ3) is 4.02. The second-order valence-corrected chi connectivity index (χ2v) is 3.25. The Bertz CT molecular complexity index is 477. The summed E-state index contributed by atoms with van der Waals surface area (Å²) in [6.07, 6.45) is 0.968. The number of rotatable bonds is 3. The quantitative estimate of drug-likeness (QED) is 0.788. The summed E-state index contributed by atoms with van der Waals surface area (Å²) >= 11 is 0. The molecule has 0 aliphatic carbocycles. The first-order chi connectivity index (χ1) is 7.88. The summed E-state index contributed by atoms with van der Waals surface area (Å²) in [7, 11) is 0. The van der Waals surface area contributed by atoms with Gasteiger partial charge in [0.05, 0.1) is 0 Å². The normalized spacial score (nSPS) is 11.1. The number of halogens is 2. The Balaban J connectivity index is 3.12. The van der Waals surface area contributed by atoms with E-state index in [0.717, 1.165) is 25.1 Å². The maximum Gasteiger partial charge on any atom is 0.352 e. The molecule has 0 aliphatic heterocycles. The van der Waals surface area contributed by atoms with E-state index in [1.807, 2.05) is 5.32 Å². The molecule has 0 saturated heterocycles. The number of carboxylic acids is 1. The fourth-order valence-corrected chi connectivity index (χ4v) is 1.17. The lowest BCUT2D eigenvalue weighted by Gasteiger charge is -2.03. The van der Waals surface area contributed by atoms with E-state index in [9.17, 15) is 18.4 Å². The molecule has 0 unspecified atom stereocenters. The fraction of sp³-hybridized carbons (Fsp3) is 0.0909. The molecule has 0 fully saturated rings. The molecule has 0 aliphatic rings. The smallest absolute Gasteiger partial charge is 0.352 e. The van der Waals surface area contributed by atoms with Gasteiger partial charge in [-0.2, -0.15) is 0 Å². The topological polar surface area (TPSA) is 66.4 Å². The number of carbonyl (C=O) groups is 2. The minimum absolute atomic E-state index is 0.00801. The Morgan fingerprint density at radius 2 is 1.76 bits per heavy atom. The van der Waals surface area contributed by atoms with Gasteiger partial charge in [0, 0.05) is 13.0 Å². The van der Waals surface area contributed by atoms with Crippen LogP contribution in [0.5, 0.6) is 0 Å². The van der Waals surface area contributed by atoms with Gasteiger partial charge in [-0.05, 0) is 23.8 Å². The van der Waals surface area contributed by atoms with Crippen LogP contribution in [0.15, 0.2) is 23.9 Å². The lowest BCUT2D eigenvalue weighted by atomic mass is 10.2. The zero-order valence-electron chi connectivity index (χ0n) is 8.83. The van der Waals surface area contributed by atoms with Crippen molar-refractivity contribution in [2.45, 2.75) is 6.92 Å². The van der Waals surface area contributed by atoms with E-state index in [2.05, 4.69) is 0 Å². The molecule has 1 aromatic carbocycles.